The fraction of sp³-hybridized carbons (Fsp3) is 0.318. The molecule has 0 bridgehead atoms. The van der Waals surface area contributed by atoms with E-state index in [0.29, 0.717) is 13.0 Å². The van der Waals surface area contributed by atoms with Crippen LogP contribution in [0.3, 0.4) is 0 Å². The third-order valence-electron chi connectivity index (χ3n) is 4.95. The highest BCUT2D eigenvalue weighted by Gasteiger charge is 2.17. The molecular weight excluding hydrogens is 352 g/mol. The molecule has 0 aliphatic carbocycles. The predicted octanol–water partition coefficient (Wildman–Crippen LogP) is 3.87. The Hall–Kier alpha value is -3.15. The molecule has 146 valence electrons. The number of carbonyl (C=O) groups is 1. The number of hydrogen-bond acceptors (Lipinski definition) is 4. The largest absolute Gasteiger partial charge is 0.493 e. The highest BCUT2D eigenvalue weighted by atomic mass is 16.5. The molecular formula is C22H26N4O2. The summed E-state index contributed by atoms with van der Waals surface area (Å²) >= 11 is 0. The Morgan fingerprint density at radius 1 is 1.18 bits per heavy atom. The van der Waals surface area contributed by atoms with Crippen molar-refractivity contribution in [1.82, 2.24) is 19.7 Å². The summed E-state index contributed by atoms with van der Waals surface area (Å²) in [5.74, 6) is 0.894. The van der Waals surface area contributed by atoms with Gasteiger partial charge in [-0.25, -0.2) is 9.67 Å². The summed E-state index contributed by atoms with van der Waals surface area (Å²) in [6.07, 6.45) is 3.50. The molecule has 6 heteroatoms. The van der Waals surface area contributed by atoms with Gasteiger partial charge in [0.15, 0.2) is 0 Å². The van der Waals surface area contributed by atoms with Crippen LogP contribution in [0.2, 0.25) is 0 Å². The van der Waals surface area contributed by atoms with E-state index in [1.165, 1.54) is 6.33 Å². The minimum atomic E-state index is -0.0296. The van der Waals surface area contributed by atoms with Gasteiger partial charge >= 0.3 is 0 Å². The molecule has 3 rings (SSSR count). The van der Waals surface area contributed by atoms with Gasteiger partial charge in [0.25, 0.3) is 0 Å². The maximum atomic E-state index is 12.6. The summed E-state index contributed by atoms with van der Waals surface area (Å²) < 4.78 is 7.52. The molecule has 0 unspecified atom stereocenters. The van der Waals surface area contributed by atoms with Crippen LogP contribution in [0.25, 0.3) is 5.69 Å². The Morgan fingerprint density at radius 2 is 1.93 bits per heavy atom. The van der Waals surface area contributed by atoms with E-state index < -0.39 is 0 Å². The van der Waals surface area contributed by atoms with E-state index in [-0.39, 0.29) is 11.9 Å². The number of hydrogen-bond donors (Lipinski definition) is 0. The molecule has 28 heavy (non-hydrogen) atoms. The Morgan fingerprint density at radius 3 is 2.61 bits per heavy atom. The number of aryl methyl sites for hydroxylation is 2. The Balaban J connectivity index is 1.55. The number of aromatic nitrogens is 3. The van der Waals surface area contributed by atoms with Gasteiger partial charge in [0.1, 0.15) is 18.4 Å². The fourth-order valence-electron chi connectivity index (χ4n) is 2.97. The number of carbonyl (C=O) groups excluding carboxylic acids is 1. The SMILES string of the molecule is Cc1ccc(C)c(OCCC(=O)N(C)[C@H](C)c2ccc(-n3cncn3)cc2)c1. The second-order valence-corrected chi connectivity index (χ2v) is 6.98. The van der Waals surface area contributed by atoms with Crippen molar-refractivity contribution < 1.29 is 9.53 Å². The number of rotatable bonds is 7. The summed E-state index contributed by atoms with van der Waals surface area (Å²) in [5.41, 5.74) is 4.22. The number of benzene rings is 2. The van der Waals surface area contributed by atoms with E-state index in [4.69, 9.17) is 4.74 Å². The molecule has 2 aromatic carbocycles. The third-order valence-corrected chi connectivity index (χ3v) is 4.95. The van der Waals surface area contributed by atoms with Crippen LogP contribution in [0.15, 0.2) is 55.1 Å². The predicted molar refractivity (Wildman–Crippen MR) is 109 cm³/mol. The van der Waals surface area contributed by atoms with Crippen LogP contribution in [0.4, 0.5) is 0 Å². The van der Waals surface area contributed by atoms with Gasteiger partial charge in [-0.05, 0) is 55.7 Å². The molecule has 0 N–H and O–H groups in total. The molecule has 1 heterocycles. The van der Waals surface area contributed by atoms with E-state index in [9.17, 15) is 4.79 Å². The average Bonchev–Trinajstić information content (AvgIpc) is 3.24. The van der Waals surface area contributed by atoms with Gasteiger partial charge in [-0.15, -0.1) is 0 Å². The summed E-state index contributed by atoms with van der Waals surface area (Å²) in [6, 6.07) is 14.0. The standard InChI is InChI=1S/C22H26N4O2/c1-16-5-6-17(2)21(13-16)28-12-11-22(27)25(4)18(3)19-7-9-20(10-8-19)26-15-23-14-24-26/h5-10,13-15,18H,11-12H2,1-4H3/t18-/m1/s1. The highest BCUT2D eigenvalue weighted by molar-refractivity contribution is 5.76. The monoisotopic (exact) mass is 378 g/mol. The average molecular weight is 378 g/mol. The van der Waals surface area contributed by atoms with Crippen LogP contribution in [-0.4, -0.2) is 39.2 Å². The normalized spacial score (nSPS) is 11.9. The third kappa shape index (κ3) is 4.57. The van der Waals surface area contributed by atoms with E-state index in [2.05, 4.69) is 16.1 Å². The summed E-state index contributed by atoms with van der Waals surface area (Å²) in [6.45, 7) is 6.42. The van der Waals surface area contributed by atoms with E-state index in [1.54, 1.807) is 15.9 Å². The second kappa shape index (κ2) is 8.69. The van der Waals surface area contributed by atoms with Crippen LogP contribution in [0, 0.1) is 13.8 Å². The van der Waals surface area contributed by atoms with Crippen molar-refractivity contribution in [3.63, 3.8) is 0 Å². The van der Waals surface area contributed by atoms with Gasteiger partial charge in [-0.1, -0.05) is 24.3 Å². The van der Waals surface area contributed by atoms with Crippen molar-refractivity contribution in [2.24, 2.45) is 0 Å². The van der Waals surface area contributed by atoms with Gasteiger partial charge < -0.3 is 9.64 Å². The highest BCUT2D eigenvalue weighted by Crippen LogP contribution is 2.22. The fourth-order valence-corrected chi connectivity index (χ4v) is 2.97. The lowest BCUT2D eigenvalue weighted by Crippen LogP contribution is -2.30. The van der Waals surface area contributed by atoms with Crippen LogP contribution >= 0.6 is 0 Å². The molecule has 3 aromatic rings. The molecule has 0 fully saturated rings. The van der Waals surface area contributed by atoms with Crippen LogP contribution in [-0.2, 0) is 4.79 Å². The molecule has 1 aromatic heterocycles. The van der Waals surface area contributed by atoms with Gasteiger partial charge in [-0.2, -0.15) is 5.10 Å². The zero-order valence-corrected chi connectivity index (χ0v) is 16.8. The first-order chi connectivity index (χ1) is 13.5. The lowest BCUT2D eigenvalue weighted by atomic mass is 10.1. The minimum Gasteiger partial charge on any atom is -0.493 e. The number of ether oxygens (including phenoxy) is 1. The Bertz CT molecular complexity index is 920. The van der Waals surface area contributed by atoms with Crippen molar-refractivity contribution in [2.75, 3.05) is 13.7 Å². The van der Waals surface area contributed by atoms with E-state index >= 15 is 0 Å². The topological polar surface area (TPSA) is 60.2 Å². The molecule has 0 radical (unpaired) electrons. The quantitative estimate of drug-likeness (QED) is 0.626. The van der Waals surface area contributed by atoms with E-state index in [1.807, 2.05) is 64.2 Å². The Labute approximate surface area is 165 Å². The Kier molecular flexibility index (Phi) is 6.09. The van der Waals surface area contributed by atoms with Crippen molar-refractivity contribution >= 4 is 5.91 Å². The molecule has 0 aliphatic rings. The van der Waals surface area contributed by atoms with Crippen molar-refractivity contribution in [2.45, 2.75) is 33.2 Å². The summed E-state index contributed by atoms with van der Waals surface area (Å²) in [7, 11) is 1.83. The molecule has 0 aliphatic heterocycles. The number of nitrogens with zero attached hydrogens (tertiary/aromatic N) is 4. The first kappa shape index (κ1) is 19.6. The van der Waals surface area contributed by atoms with E-state index in [0.717, 1.165) is 28.1 Å². The first-order valence-electron chi connectivity index (χ1n) is 9.36. The zero-order valence-electron chi connectivity index (χ0n) is 16.8. The molecule has 0 saturated carbocycles. The lowest BCUT2D eigenvalue weighted by Gasteiger charge is -2.25. The maximum Gasteiger partial charge on any atom is 0.226 e. The smallest absolute Gasteiger partial charge is 0.226 e. The van der Waals surface area contributed by atoms with Gasteiger partial charge in [0.05, 0.1) is 24.8 Å². The molecule has 1 amide bonds. The first-order valence-corrected chi connectivity index (χ1v) is 9.36. The van der Waals surface area contributed by atoms with Crippen LogP contribution < -0.4 is 4.74 Å². The van der Waals surface area contributed by atoms with Crippen molar-refractivity contribution in [1.29, 1.82) is 0 Å². The second-order valence-electron chi connectivity index (χ2n) is 6.98. The van der Waals surface area contributed by atoms with Crippen LogP contribution in [0.1, 0.15) is 36.1 Å². The summed E-state index contributed by atoms with van der Waals surface area (Å²) in [4.78, 5) is 18.3. The molecule has 6 nitrogen and oxygen atoms in total. The maximum absolute atomic E-state index is 12.6. The number of amides is 1. The van der Waals surface area contributed by atoms with Gasteiger partial charge in [-0.3, -0.25) is 4.79 Å². The van der Waals surface area contributed by atoms with Crippen molar-refractivity contribution in [3.05, 3.63) is 71.8 Å². The van der Waals surface area contributed by atoms with Crippen molar-refractivity contribution in [3.8, 4) is 11.4 Å². The lowest BCUT2D eigenvalue weighted by molar-refractivity contribution is -0.132. The van der Waals surface area contributed by atoms with Gasteiger partial charge in [0.2, 0.25) is 5.91 Å². The minimum absolute atomic E-state index is 0.0296. The summed E-state index contributed by atoms with van der Waals surface area (Å²) in [5, 5.41) is 4.12. The molecule has 1 atom stereocenters. The zero-order chi connectivity index (χ0) is 20.1. The molecule has 0 spiro atoms. The van der Waals surface area contributed by atoms with Gasteiger partial charge in [0, 0.05) is 7.05 Å². The van der Waals surface area contributed by atoms with Crippen LogP contribution in [0.5, 0.6) is 5.75 Å². The molecule has 0 saturated heterocycles.